The highest BCUT2D eigenvalue weighted by atomic mass is 35.5. The van der Waals surface area contributed by atoms with Crippen molar-refractivity contribution in [2.45, 2.75) is 51.0 Å². The summed E-state index contributed by atoms with van der Waals surface area (Å²) in [4.78, 5) is 7.24. The van der Waals surface area contributed by atoms with Crippen LogP contribution in [0.2, 0.25) is 5.02 Å². The van der Waals surface area contributed by atoms with Gasteiger partial charge in [0, 0.05) is 23.5 Å². The lowest BCUT2D eigenvalue weighted by Gasteiger charge is -2.28. The zero-order valence-corrected chi connectivity index (χ0v) is 21.7. The largest absolute Gasteiger partial charge is 0.355 e. The predicted molar refractivity (Wildman–Crippen MR) is 136 cm³/mol. The molecule has 0 aliphatic carbocycles. The Kier molecular flexibility index (Phi) is 6.82. The van der Waals surface area contributed by atoms with Gasteiger partial charge in [-0.05, 0) is 54.2 Å². The molecule has 0 aliphatic heterocycles. The van der Waals surface area contributed by atoms with Crippen LogP contribution in [0, 0.1) is 11.8 Å². The van der Waals surface area contributed by atoms with Crippen LogP contribution in [0.15, 0.2) is 52.4 Å². The Hall–Kier alpha value is -2.71. The number of hydrogen-bond donors (Lipinski definition) is 0. The molecule has 0 aliphatic rings. The van der Waals surface area contributed by atoms with Gasteiger partial charge in [-0.25, -0.2) is 13.4 Å². The van der Waals surface area contributed by atoms with Gasteiger partial charge in [0.1, 0.15) is 5.82 Å². The third kappa shape index (κ3) is 4.61. The van der Waals surface area contributed by atoms with E-state index in [0.29, 0.717) is 28.2 Å². The van der Waals surface area contributed by atoms with Crippen molar-refractivity contribution in [3.63, 3.8) is 0 Å². The van der Waals surface area contributed by atoms with Gasteiger partial charge in [0.15, 0.2) is 5.65 Å². The first-order valence-electron chi connectivity index (χ1n) is 11.6. The summed E-state index contributed by atoms with van der Waals surface area (Å²) in [6.07, 6.45) is 0.830. The molecule has 2 heterocycles. The van der Waals surface area contributed by atoms with Crippen LogP contribution in [-0.2, 0) is 16.3 Å². The predicted octanol–water partition coefficient (Wildman–Crippen LogP) is 5.44. The number of sulfone groups is 1. The molecule has 0 radical (unpaired) electrons. The summed E-state index contributed by atoms with van der Waals surface area (Å²) in [5.41, 5.74) is 1.98. The van der Waals surface area contributed by atoms with Gasteiger partial charge in [-0.2, -0.15) is 4.52 Å². The van der Waals surface area contributed by atoms with Crippen molar-refractivity contribution in [1.29, 1.82) is 0 Å². The third-order valence-corrected chi connectivity index (χ3v) is 7.52. The topological polar surface area (TPSA) is 80.5 Å². The lowest BCUT2D eigenvalue weighted by atomic mass is 10.1. The standard InChI is InChI=1S/C25H30ClN5O2S/c1-6-18-7-10-20(11-8-18)34(32,33)25-24-27-23(30(14-16(2)3)15-17(4)5)21-13-19(26)9-12-22(21)31(24)29-28-25/h7-13,16-17H,6,14-15H2,1-5H3. The Balaban J connectivity index is 1.98. The van der Waals surface area contributed by atoms with Crippen molar-refractivity contribution < 1.29 is 8.42 Å². The Labute approximate surface area is 205 Å². The number of anilines is 1. The number of halogens is 1. The Morgan fingerprint density at radius 2 is 1.65 bits per heavy atom. The van der Waals surface area contributed by atoms with Gasteiger partial charge in [-0.3, -0.25) is 0 Å². The summed E-state index contributed by atoms with van der Waals surface area (Å²) in [6.45, 7) is 12.2. The maximum atomic E-state index is 13.5. The average molecular weight is 500 g/mol. The quantitative estimate of drug-likeness (QED) is 0.321. The van der Waals surface area contributed by atoms with Crippen LogP contribution in [0.1, 0.15) is 40.2 Å². The van der Waals surface area contributed by atoms with Gasteiger partial charge in [-0.15, -0.1) is 5.10 Å². The van der Waals surface area contributed by atoms with E-state index in [0.717, 1.165) is 30.5 Å². The normalized spacial score (nSPS) is 12.4. The minimum atomic E-state index is -3.91. The van der Waals surface area contributed by atoms with E-state index in [-0.39, 0.29) is 15.6 Å². The molecular weight excluding hydrogens is 470 g/mol. The van der Waals surface area contributed by atoms with E-state index in [2.05, 4.69) is 42.9 Å². The zero-order valence-electron chi connectivity index (χ0n) is 20.2. The highest BCUT2D eigenvalue weighted by molar-refractivity contribution is 7.91. The summed E-state index contributed by atoms with van der Waals surface area (Å²) >= 11 is 6.35. The van der Waals surface area contributed by atoms with Crippen molar-refractivity contribution in [2.75, 3.05) is 18.0 Å². The van der Waals surface area contributed by atoms with Crippen molar-refractivity contribution >= 4 is 43.8 Å². The number of aromatic nitrogens is 4. The molecule has 4 aromatic rings. The SMILES string of the molecule is CCc1ccc(S(=O)(=O)c2nnn3c2nc(N(CC(C)C)CC(C)C)c2cc(Cl)ccc23)cc1. The van der Waals surface area contributed by atoms with Gasteiger partial charge in [0.2, 0.25) is 14.9 Å². The monoisotopic (exact) mass is 499 g/mol. The van der Waals surface area contributed by atoms with Crippen LogP contribution in [0.3, 0.4) is 0 Å². The van der Waals surface area contributed by atoms with Crippen LogP contribution in [0.4, 0.5) is 5.82 Å². The fraction of sp³-hybridized carbons (Fsp3) is 0.400. The molecule has 0 amide bonds. The number of hydrogen-bond acceptors (Lipinski definition) is 6. The Morgan fingerprint density at radius 1 is 1.00 bits per heavy atom. The molecule has 0 saturated heterocycles. The van der Waals surface area contributed by atoms with Crippen LogP contribution in [0.25, 0.3) is 16.6 Å². The molecule has 0 saturated carbocycles. The Bertz CT molecular complexity index is 1420. The maximum absolute atomic E-state index is 13.5. The average Bonchev–Trinajstić information content (AvgIpc) is 3.22. The minimum absolute atomic E-state index is 0.149. The molecule has 0 fully saturated rings. The van der Waals surface area contributed by atoms with Crippen molar-refractivity contribution in [3.8, 4) is 0 Å². The number of aryl methyl sites for hydroxylation is 1. The first-order valence-corrected chi connectivity index (χ1v) is 13.4. The molecule has 34 heavy (non-hydrogen) atoms. The number of rotatable bonds is 8. The molecule has 0 bridgehead atoms. The van der Waals surface area contributed by atoms with Gasteiger partial charge < -0.3 is 4.90 Å². The van der Waals surface area contributed by atoms with E-state index in [9.17, 15) is 8.42 Å². The third-order valence-electron chi connectivity index (χ3n) is 5.62. The van der Waals surface area contributed by atoms with Gasteiger partial charge in [0.05, 0.1) is 10.4 Å². The molecule has 180 valence electrons. The van der Waals surface area contributed by atoms with E-state index in [1.807, 2.05) is 31.2 Å². The van der Waals surface area contributed by atoms with Crippen LogP contribution < -0.4 is 4.90 Å². The second-order valence-corrected chi connectivity index (χ2v) is 11.7. The molecule has 2 aromatic carbocycles. The summed E-state index contributed by atoms with van der Waals surface area (Å²) in [5, 5.41) is 9.51. The number of fused-ring (bicyclic) bond motifs is 3. The van der Waals surface area contributed by atoms with E-state index in [1.165, 1.54) is 4.52 Å². The molecule has 2 aromatic heterocycles. The first-order chi connectivity index (χ1) is 16.1. The van der Waals surface area contributed by atoms with Crippen molar-refractivity contribution in [2.24, 2.45) is 11.8 Å². The molecule has 4 rings (SSSR count). The molecule has 0 unspecified atom stereocenters. The second kappa shape index (κ2) is 9.50. The highest BCUT2D eigenvalue weighted by Crippen LogP contribution is 2.32. The lowest BCUT2D eigenvalue weighted by molar-refractivity contribution is 0.550. The minimum Gasteiger partial charge on any atom is -0.355 e. The number of benzene rings is 2. The second-order valence-electron chi connectivity index (χ2n) is 9.42. The van der Waals surface area contributed by atoms with E-state index in [1.54, 1.807) is 18.2 Å². The summed E-state index contributed by atoms with van der Waals surface area (Å²) in [7, 11) is -3.91. The fourth-order valence-corrected chi connectivity index (χ4v) is 5.52. The zero-order chi connectivity index (χ0) is 24.6. The summed E-state index contributed by atoms with van der Waals surface area (Å²) in [5.74, 6) is 1.45. The lowest BCUT2D eigenvalue weighted by Crippen LogP contribution is -2.32. The summed E-state index contributed by atoms with van der Waals surface area (Å²) < 4.78 is 28.6. The molecule has 7 nitrogen and oxygen atoms in total. The highest BCUT2D eigenvalue weighted by Gasteiger charge is 2.28. The van der Waals surface area contributed by atoms with E-state index < -0.39 is 9.84 Å². The van der Waals surface area contributed by atoms with E-state index in [4.69, 9.17) is 16.6 Å². The molecular formula is C25H30ClN5O2S. The summed E-state index contributed by atoms with van der Waals surface area (Å²) in [6, 6.07) is 12.3. The van der Waals surface area contributed by atoms with Crippen LogP contribution in [0.5, 0.6) is 0 Å². The molecule has 0 atom stereocenters. The molecule has 0 N–H and O–H groups in total. The maximum Gasteiger partial charge on any atom is 0.229 e. The van der Waals surface area contributed by atoms with Gasteiger partial charge >= 0.3 is 0 Å². The Morgan fingerprint density at radius 3 is 2.24 bits per heavy atom. The van der Waals surface area contributed by atoms with Gasteiger partial charge in [0.25, 0.3) is 0 Å². The molecule has 9 heteroatoms. The molecule has 0 spiro atoms. The van der Waals surface area contributed by atoms with Crippen LogP contribution >= 0.6 is 11.6 Å². The van der Waals surface area contributed by atoms with E-state index >= 15 is 0 Å². The first kappa shape index (κ1) is 24.4. The van der Waals surface area contributed by atoms with Crippen molar-refractivity contribution in [1.82, 2.24) is 19.8 Å². The number of nitrogens with zero attached hydrogens (tertiary/aromatic N) is 5. The smallest absolute Gasteiger partial charge is 0.229 e. The van der Waals surface area contributed by atoms with Gasteiger partial charge in [-0.1, -0.05) is 63.6 Å². The fourth-order valence-electron chi connectivity index (χ4n) is 4.11. The van der Waals surface area contributed by atoms with Crippen molar-refractivity contribution in [3.05, 3.63) is 53.1 Å². The van der Waals surface area contributed by atoms with Crippen LogP contribution in [-0.4, -0.2) is 41.3 Å².